The van der Waals surface area contributed by atoms with Gasteiger partial charge in [-0.25, -0.2) is 9.97 Å². The van der Waals surface area contributed by atoms with Gasteiger partial charge in [-0.3, -0.25) is 4.40 Å². The summed E-state index contributed by atoms with van der Waals surface area (Å²) in [6.07, 6.45) is 3.63. The molecule has 0 aliphatic carbocycles. The Balaban J connectivity index is 1.97. The molecular formula is C16H15N5O. The summed E-state index contributed by atoms with van der Waals surface area (Å²) in [7, 11) is 1.96. The number of pyridine rings is 1. The largest absolute Gasteiger partial charge is 0.392 e. The number of aliphatic hydroxyl groups is 1. The van der Waals surface area contributed by atoms with Crippen molar-refractivity contribution in [1.82, 2.24) is 18.9 Å². The molecule has 6 heteroatoms. The quantitative estimate of drug-likeness (QED) is 0.592. The Morgan fingerprint density at radius 1 is 1.27 bits per heavy atom. The standard InChI is InChI=1S/C16H15N5O/c1-20-9-18-12-7-10(4-5-13(12)20)14-15(17)21-6-2-3-11(8-22)16(21)19-14/h2-7,9,22H,8,17H2,1H3. The molecule has 22 heavy (non-hydrogen) atoms. The molecule has 4 rings (SSSR count). The molecular weight excluding hydrogens is 278 g/mol. The first-order chi connectivity index (χ1) is 10.7. The zero-order chi connectivity index (χ0) is 15.3. The fourth-order valence-electron chi connectivity index (χ4n) is 2.76. The van der Waals surface area contributed by atoms with Crippen molar-refractivity contribution < 1.29 is 5.11 Å². The van der Waals surface area contributed by atoms with Crippen LogP contribution >= 0.6 is 0 Å². The zero-order valence-electron chi connectivity index (χ0n) is 12.1. The lowest BCUT2D eigenvalue weighted by atomic mass is 10.1. The van der Waals surface area contributed by atoms with Crippen molar-refractivity contribution in [3.05, 3.63) is 48.4 Å². The number of nitrogens with zero attached hydrogens (tertiary/aromatic N) is 4. The van der Waals surface area contributed by atoms with E-state index < -0.39 is 0 Å². The van der Waals surface area contributed by atoms with E-state index in [1.165, 1.54) is 0 Å². The molecule has 0 aliphatic heterocycles. The van der Waals surface area contributed by atoms with Crippen LogP contribution in [-0.4, -0.2) is 24.0 Å². The van der Waals surface area contributed by atoms with Gasteiger partial charge < -0.3 is 15.4 Å². The average Bonchev–Trinajstić information content (AvgIpc) is 3.08. The van der Waals surface area contributed by atoms with Gasteiger partial charge in [0.15, 0.2) is 0 Å². The molecule has 0 saturated carbocycles. The van der Waals surface area contributed by atoms with Gasteiger partial charge in [0.2, 0.25) is 0 Å². The molecule has 0 atom stereocenters. The van der Waals surface area contributed by atoms with Gasteiger partial charge in [-0.1, -0.05) is 12.1 Å². The second kappa shape index (κ2) is 4.57. The Hall–Kier alpha value is -2.86. The maximum atomic E-state index is 9.44. The van der Waals surface area contributed by atoms with Crippen molar-refractivity contribution >= 4 is 22.5 Å². The lowest BCUT2D eigenvalue weighted by Crippen LogP contribution is -1.96. The molecule has 6 nitrogen and oxygen atoms in total. The minimum atomic E-state index is -0.0699. The highest BCUT2D eigenvalue weighted by molar-refractivity contribution is 5.85. The molecule has 0 fully saturated rings. The predicted molar refractivity (Wildman–Crippen MR) is 85.2 cm³/mol. The first kappa shape index (κ1) is 12.8. The molecule has 0 amide bonds. The van der Waals surface area contributed by atoms with E-state index in [0.29, 0.717) is 17.2 Å². The van der Waals surface area contributed by atoms with E-state index in [4.69, 9.17) is 5.73 Å². The van der Waals surface area contributed by atoms with Crippen molar-refractivity contribution in [2.75, 3.05) is 5.73 Å². The number of aryl methyl sites for hydroxylation is 1. The van der Waals surface area contributed by atoms with Gasteiger partial charge in [0, 0.05) is 24.4 Å². The van der Waals surface area contributed by atoms with Crippen LogP contribution in [0.25, 0.3) is 27.9 Å². The van der Waals surface area contributed by atoms with Crippen LogP contribution < -0.4 is 5.73 Å². The van der Waals surface area contributed by atoms with Crippen molar-refractivity contribution in [3.63, 3.8) is 0 Å². The number of anilines is 1. The molecule has 3 heterocycles. The van der Waals surface area contributed by atoms with Crippen molar-refractivity contribution in [3.8, 4) is 11.3 Å². The summed E-state index contributed by atoms with van der Waals surface area (Å²) in [5, 5.41) is 9.44. The van der Waals surface area contributed by atoms with Gasteiger partial charge in [-0.15, -0.1) is 0 Å². The van der Waals surface area contributed by atoms with E-state index >= 15 is 0 Å². The van der Waals surface area contributed by atoms with Crippen LogP contribution in [0.15, 0.2) is 42.9 Å². The fraction of sp³-hybridized carbons (Fsp3) is 0.125. The normalized spacial score (nSPS) is 11.5. The third kappa shape index (κ3) is 1.71. The minimum Gasteiger partial charge on any atom is -0.392 e. The average molecular weight is 293 g/mol. The number of imidazole rings is 2. The molecule has 0 aliphatic rings. The van der Waals surface area contributed by atoms with Gasteiger partial charge in [0.1, 0.15) is 17.2 Å². The van der Waals surface area contributed by atoms with Crippen molar-refractivity contribution in [2.45, 2.75) is 6.61 Å². The number of benzene rings is 1. The van der Waals surface area contributed by atoms with Crippen molar-refractivity contribution in [1.29, 1.82) is 0 Å². The number of fused-ring (bicyclic) bond motifs is 2. The maximum absolute atomic E-state index is 9.44. The summed E-state index contributed by atoms with van der Waals surface area (Å²) < 4.78 is 3.76. The summed E-state index contributed by atoms with van der Waals surface area (Å²) in [4.78, 5) is 8.98. The number of aromatic nitrogens is 4. The predicted octanol–water partition coefficient (Wildman–Crippen LogP) is 1.96. The minimum absolute atomic E-state index is 0.0699. The Morgan fingerprint density at radius 3 is 2.95 bits per heavy atom. The maximum Gasteiger partial charge on any atom is 0.144 e. The van der Waals surface area contributed by atoms with Crippen molar-refractivity contribution in [2.24, 2.45) is 7.05 Å². The molecule has 3 aromatic heterocycles. The van der Waals surface area contributed by atoms with E-state index in [-0.39, 0.29) is 6.61 Å². The lowest BCUT2D eigenvalue weighted by molar-refractivity contribution is 0.282. The van der Waals surface area contributed by atoms with Gasteiger partial charge in [0.05, 0.1) is 24.0 Å². The first-order valence-corrected chi connectivity index (χ1v) is 6.97. The summed E-state index contributed by atoms with van der Waals surface area (Å²) in [5.74, 6) is 0.556. The van der Waals surface area contributed by atoms with E-state index in [2.05, 4.69) is 9.97 Å². The summed E-state index contributed by atoms with van der Waals surface area (Å²) in [5.41, 5.74) is 11.2. The number of nitrogen functional groups attached to an aromatic ring is 1. The molecule has 3 N–H and O–H groups in total. The molecule has 0 unspecified atom stereocenters. The second-order valence-electron chi connectivity index (χ2n) is 5.29. The molecule has 0 saturated heterocycles. The van der Waals surface area contributed by atoms with E-state index in [1.54, 1.807) is 10.7 Å². The Morgan fingerprint density at radius 2 is 2.14 bits per heavy atom. The fourth-order valence-corrected chi connectivity index (χ4v) is 2.76. The van der Waals surface area contributed by atoms with Gasteiger partial charge in [-0.05, 0) is 18.2 Å². The van der Waals surface area contributed by atoms with Crippen LogP contribution in [0.1, 0.15) is 5.56 Å². The summed E-state index contributed by atoms with van der Waals surface area (Å²) in [6.45, 7) is -0.0699. The highest BCUT2D eigenvalue weighted by Crippen LogP contribution is 2.29. The smallest absolute Gasteiger partial charge is 0.144 e. The molecule has 0 radical (unpaired) electrons. The zero-order valence-corrected chi connectivity index (χ0v) is 12.1. The van der Waals surface area contributed by atoms with Crippen LogP contribution in [0, 0.1) is 0 Å². The summed E-state index contributed by atoms with van der Waals surface area (Å²) in [6, 6.07) is 9.66. The number of hydrogen-bond donors (Lipinski definition) is 2. The Labute approximate surface area is 126 Å². The van der Waals surface area contributed by atoms with E-state index in [1.807, 2.05) is 48.1 Å². The Bertz CT molecular complexity index is 999. The first-order valence-electron chi connectivity index (χ1n) is 6.97. The molecule has 1 aromatic carbocycles. The number of aliphatic hydroxyl groups excluding tert-OH is 1. The Kier molecular flexibility index (Phi) is 2.67. The van der Waals surface area contributed by atoms with Crippen LogP contribution in [-0.2, 0) is 13.7 Å². The summed E-state index contributed by atoms with van der Waals surface area (Å²) >= 11 is 0. The van der Waals surface area contributed by atoms with Crippen LogP contribution in [0.2, 0.25) is 0 Å². The number of nitrogens with two attached hydrogens (primary N) is 1. The highest BCUT2D eigenvalue weighted by Gasteiger charge is 2.14. The molecule has 0 spiro atoms. The number of rotatable bonds is 2. The SMILES string of the molecule is Cn1cnc2cc(-c3nc4c(CO)cccn4c3N)ccc21. The van der Waals surface area contributed by atoms with Crippen LogP contribution in [0.5, 0.6) is 0 Å². The molecule has 4 aromatic rings. The number of hydrogen-bond acceptors (Lipinski definition) is 4. The molecule has 0 bridgehead atoms. The molecule has 110 valence electrons. The lowest BCUT2D eigenvalue weighted by Gasteiger charge is -2.01. The van der Waals surface area contributed by atoms with Gasteiger partial charge in [0.25, 0.3) is 0 Å². The van der Waals surface area contributed by atoms with E-state index in [0.717, 1.165) is 22.2 Å². The third-order valence-electron chi connectivity index (χ3n) is 3.94. The second-order valence-corrected chi connectivity index (χ2v) is 5.29. The van der Waals surface area contributed by atoms with Crippen LogP contribution in [0.3, 0.4) is 0 Å². The topological polar surface area (TPSA) is 81.4 Å². The monoisotopic (exact) mass is 293 g/mol. The van der Waals surface area contributed by atoms with E-state index in [9.17, 15) is 5.11 Å². The highest BCUT2D eigenvalue weighted by atomic mass is 16.3. The van der Waals surface area contributed by atoms with Gasteiger partial charge >= 0.3 is 0 Å². The van der Waals surface area contributed by atoms with Crippen LogP contribution in [0.4, 0.5) is 5.82 Å². The van der Waals surface area contributed by atoms with Gasteiger partial charge in [-0.2, -0.15) is 0 Å². The third-order valence-corrected chi connectivity index (χ3v) is 3.94.